The molecule has 2 aliphatic rings. The summed E-state index contributed by atoms with van der Waals surface area (Å²) < 4.78 is 24.2. The average molecular weight is 562 g/mol. The predicted octanol–water partition coefficient (Wildman–Crippen LogP) is 3.61. The summed E-state index contributed by atoms with van der Waals surface area (Å²) in [4.78, 5) is 23.3. The van der Waals surface area contributed by atoms with Gasteiger partial charge in [-0.2, -0.15) is 4.98 Å². The molecule has 2 aromatic heterocycles. The van der Waals surface area contributed by atoms with E-state index in [-0.39, 0.29) is 24.5 Å². The molecular weight excluding hydrogens is 530 g/mol. The third-order valence-corrected chi connectivity index (χ3v) is 7.15. The van der Waals surface area contributed by atoms with Crippen LogP contribution in [0.15, 0.2) is 59.3 Å². The minimum absolute atomic E-state index is 0.203. The van der Waals surface area contributed by atoms with E-state index in [1.807, 2.05) is 24.3 Å². The van der Waals surface area contributed by atoms with E-state index < -0.39 is 4.92 Å². The van der Waals surface area contributed by atoms with Crippen LogP contribution in [0.5, 0.6) is 17.5 Å². The van der Waals surface area contributed by atoms with E-state index in [9.17, 15) is 10.1 Å². The summed E-state index contributed by atoms with van der Waals surface area (Å²) in [6.07, 6.45) is 1.89. The molecule has 13 heteroatoms. The van der Waals surface area contributed by atoms with Crippen LogP contribution in [0.4, 0.5) is 11.5 Å². The molecule has 2 aliphatic heterocycles. The molecule has 0 aliphatic carbocycles. The molecule has 1 unspecified atom stereocenters. The monoisotopic (exact) mass is 561 g/mol. The minimum Gasteiger partial charge on any atom is -0.490 e. The number of hydrogen-bond acceptors (Lipinski definition) is 11. The van der Waals surface area contributed by atoms with Crippen molar-refractivity contribution in [3.8, 4) is 17.5 Å². The lowest BCUT2D eigenvalue weighted by Crippen LogP contribution is -2.45. The van der Waals surface area contributed by atoms with Crippen molar-refractivity contribution in [1.82, 2.24) is 24.6 Å². The summed E-state index contributed by atoms with van der Waals surface area (Å²) in [6, 6.07) is 16.5. The molecule has 13 nitrogen and oxygen atoms in total. The number of rotatable bonds is 10. The third kappa shape index (κ3) is 6.57. The molecule has 0 radical (unpaired) electrons. The number of piperazine rings is 1. The van der Waals surface area contributed by atoms with Crippen molar-refractivity contribution < 1.29 is 23.7 Å². The summed E-state index contributed by atoms with van der Waals surface area (Å²) >= 11 is 0. The molecule has 1 saturated heterocycles. The van der Waals surface area contributed by atoms with Gasteiger partial charge in [0.15, 0.2) is 12.4 Å². The molecular formula is C28H31N7O6. The maximum Gasteiger partial charge on any atom is 0.414 e. The zero-order valence-corrected chi connectivity index (χ0v) is 22.7. The Morgan fingerprint density at radius 1 is 0.976 bits per heavy atom. The molecule has 6 rings (SSSR count). The van der Waals surface area contributed by atoms with Gasteiger partial charge in [-0.25, -0.2) is 0 Å². The van der Waals surface area contributed by atoms with Crippen molar-refractivity contribution >= 4 is 11.5 Å². The largest absolute Gasteiger partial charge is 0.490 e. The topological polar surface area (TPSA) is 134 Å². The Morgan fingerprint density at radius 3 is 2.41 bits per heavy atom. The van der Waals surface area contributed by atoms with Crippen LogP contribution in [0.25, 0.3) is 0 Å². The highest BCUT2D eigenvalue weighted by Gasteiger charge is 2.28. The van der Waals surface area contributed by atoms with Gasteiger partial charge in [0.25, 0.3) is 5.89 Å². The van der Waals surface area contributed by atoms with Gasteiger partial charge in [0, 0.05) is 56.4 Å². The van der Waals surface area contributed by atoms with Gasteiger partial charge in [0.1, 0.15) is 30.4 Å². The van der Waals surface area contributed by atoms with E-state index in [1.165, 1.54) is 11.8 Å². The van der Waals surface area contributed by atoms with Crippen LogP contribution < -0.4 is 19.1 Å². The maximum atomic E-state index is 10.9. The van der Waals surface area contributed by atoms with E-state index in [2.05, 4.69) is 49.2 Å². The average Bonchev–Trinajstić information content (AvgIpc) is 3.62. The Hall–Kier alpha value is -4.65. The van der Waals surface area contributed by atoms with Gasteiger partial charge in [-0.1, -0.05) is 17.3 Å². The Kier molecular flexibility index (Phi) is 7.67. The predicted molar refractivity (Wildman–Crippen MR) is 147 cm³/mol. The van der Waals surface area contributed by atoms with Crippen molar-refractivity contribution in [2.45, 2.75) is 39.1 Å². The molecule has 2 aromatic carbocycles. The Morgan fingerprint density at radius 2 is 1.71 bits per heavy atom. The summed E-state index contributed by atoms with van der Waals surface area (Å²) in [6.45, 7) is 7.72. The van der Waals surface area contributed by atoms with Crippen molar-refractivity contribution in [2.24, 2.45) is 0 Å². The van der Waals surface area contributed by atoms with Crippen LogP contribution >= 0.6 is 0 Å². The minimum atomic E-state index is -0.515. The number of benzene rings is 2. The number of nitrogens with zero attached hydrogens (tertiary/aromatic N) is 7. The summed E-state index contributed by atoms with van der Waals surface area (Å²) in [5.41, 5.74) is 2.41. The fraction of sp³-hybridized carbons (Fsp3) is 0.393. The second-order valence-electron chi connectivity index (χ2n) is 10.1. The summed E-state index contributed by atoms with van der Waals surface area (Å²) in [7, 11) is 0. The third-order valence-electron chi connectivity index (χ3n) is 7.15. The van der Waals surface area contributed by atoms with Gasteiger partial charge < -0.3 is 33.7 Å². The molecule has 0 spiro atoms. The number of fused-ring (bicyclic) bond motifs is 1. The SMILES string of the molecule is Cc1noc(COc2ccc(CN3CCN(c4ccc(OCC5CCn6cc([N+](=O)[O-])nc6O5)cc4)CC3)cc2)n1. The fourth-order valence-corrected chi connectivity index (χ4v) is 4.94. The second kappa shape index (κ2) is 11.8. The fourth-order valence-electron chi connectivity index (χ4n) is 4.94. The van der Waals surface area contributed by atoms with Crippen molar-refractivity contribution in [1.29, 1.82) is 0 Å². The molecule has 1 fully saturated rings. The van der Waals surface area contributed by atoms with Crippen molar-refractivity contribution in [3.05, 3.63) is 82.1 Å². The van der Waals surface area contributed by atoms with Crippen LogP contribution in [-0.2, 0) is 19.7 Å². The molecule has 0 saturated carbocycles. The van der Waals surface area contributed by atoms with Gasteiger partial charge >= 0.3 is 11.8 Å². The molecule has 0 amide bonds. The van der Waals surface area contributed by atoms with E-state index in [1.54, 1.807) is 11.5 Å². The molecule has 0 N–H and O–H groups in total. The quantitative estimate of drug-likeness (QED) is 0.208. The standard InChI is InChI=1S/C28H31N7O6/c1-20-29-27(41-31-20)19-39-23-6-2-21(3-7-23)16-32-12-14-33(15-13-32)22-4-8-24(9-5-22)38-18-25-10-11-34-17-26(35(36)37)30-28(34)40-25/h2-9,17,25H,10-16,18-19H2,1H3. The highest BCUT2D eigenvalue weighted by atomic mass is 16.6. The zero-order chi connectivity index (χ0) is 28.2. The van der Waals surface area contributed by atoms with Crippen LogP contribution in [-0.4, -0.2) is 68.4 Å². The molecule has 1 atom stereocenters. The van der Waals surface area contributed by atoms with Gasteiger partial charge in [0.05, 0.1) is 0 Å². The lowest BCUT2D eigenvalue weighted by Gasteiger charge is -2.36. The van der Waals surface area contributed by atoms with Crippen LogP contribution in [0.1, 0.15) is 23.7 Å². The number of hydrogen-bond donors (Lipinski definition) is 0. The lowest BCUT2D eigenvalue weighted by atomic mass is 10.2. The van der Waals surface area contributed by atoms with Gasteiger partial charge in [-0.3, -0.25) is 9.47 Å². The highest BCUT2D eigenvalue weighted by Crippen LogP contribution is 2.26. The molecule has 4 aromatic rings. The van der Waals surface area contributed by atoms with Crippen LogP contribution in [0.2, 0.25) is 0 Å². The number of anilines is 1. The first-order valence-corrected chi connectivity index (χ1v) is 13.6. The van der Waals surface area contributed by atoms with Gasteiger partial charge in [0.2, 0.25) is 0 Å². The first kappa shape index (κ1) is 26.6. The Labute approximate surface area is 236 Å². The van der Waals surface area contributed by atoms with E-state index in [0.717, 1.165) is 49.9 Å². The lowest BCUT2D eigenvalue weighted by molar-refractivity contribution is -0.389. The smallest absolute Gasteiger partial charge is 0.414 e. The number of nitro groups is 1. The highest BCUT2D eigenvalue weighted by molar-refractivity contribution is 5.49. The summed E-state index contributed by atoms with van der Waals surface area (Å²) in [5.74, 6) is 2.39. The van der Waals surface area contributed by atoms with Crippen LogP contribution in [0, 0.1) is 17.0 Å². The van der Waals surface area contributed by atoms with E-state index in [4.69, 9.17) is 18.7 Å². The number of ether oxygens (including phenoxy) is 3. The zero-order valence-electron chi connectivity index (χ0n) is 22.7. The normalized spacial score (nSPS) is 17.1. The van der Waals surface area contributed by atoms with E-state index >= 15 is 0 Å². The second-order valence-corrected chi connectivity index (χ2v) is 10.1. The number of aryl methyl sites for hydroxylation is 2. The van der Waals surface area contributed by atoms with Crippen molar-refractivity contribution in [3.63, 3.8) is 0 Å². The number of imidazole rings is 1. The maximum absolute atomic E-state index is 10.9. The first-order valence-electron chi connectivity index (χ1n) is 13.6. The van der Waals surface area contributed by atoms with Crippen LogP contribution in [0.3, 0.4) is 0 Å². The van der Waals surface area contributed by atoms with Gasteiger partial charge in [-0.05, 0) is 53.8 Å². The molecule has 214 valence electrons. The number of aromatic nitrogens is 4. The van der Waals surface area contributed by atoms with Gasteiger partial charge in [-0.15, -0.1) is 0 Å². The summed E-state index contributed by atoms with van der Waals surface area (Å²) in [5, 5.41) is 14.7. The Bertz CT molecular complexity index is 1460. The molecule has 41 heavy (non-hydrogen) atoms. The van der Waals surface area contributed by atoms with E-state index in [0.29, 0.717) is 31.3 Å². The Balaban J connectivity index is 0.926. The molecule has 0 bridgehead atoms. The van der Waals surface area contributed by atoms with Crippen molar-refractivity contribution in [2.75, 3.05) is 37.7 Å². The molecule has 4 heterocycles. The first-order chi connectivity index (χ1) is 20.0.